The van der Waals surface area contributed by atoms with Crippen LogP contribution in [0.2, 0.25) is 5.02 Å². The highest BCUT2D eigenvalue weighted by Gasteiger charge is 2.28. The fourth-order valence-electron chi connectivity index (χ4n) is 3.10. The van der Waals surface area contributed by atoms with Crippen LogP contribution in [-0.2, 0) is 10.0 Å². The predicted molar refractivity (Wildman–Crippen MR) is 114 cm³/mol. The average molecular weight is 437 g/mol. The van der Waals surface area contributed by atoms with E-state index >= 15 is 0 Å². The molecule has 8 heteroatoms. The van der Waals surface area contributed by atoms with Crippen LogP contribution in [0.25, 0.3) is 0 Å². The monoisotopic (exact) mass is 436 g/mol. The van der Waals surface area contributed by atoms with Crippen LogP contribution < -0.4 is 10.1 Å². The van der Waals surface area contributed by atoms with Crippen molar-refractivity contribution in [2.45, 2.75) is 44.4 Å². The van der Waals surface area contributed by atoms with Gasteiger partial charge in [0.05, 0.1) is 16.1 Å². The van der Waals surface area contributed by atoms with Gasteiger partial charge in [0.2, 0.25) is 10.0 Å². The summed E-state index contributed by atoms with van der Waals surface area (Å²) in [5.74, 6) is 0.313. The van der Waals surface area contributed by atoms with Gasteiger partial charge in [-0.05, 0) is 49.2 Å². The van der Waals surface area contributed by atoms with E-state index in [2.05, 4.69) is 5.32 Å². The highest BCUT2D eigenvalue weighted by atomic mass is 35.5. The molecule has 0 bridgehead atoms. The van der Waals surface area contributed by atoms with Crippen molar-refractivity contribution < 1.29 is 17.9 Å². The summed E-state index contributed by atoms with van der Waals surface area (Å²) < 4.78 is 33.8. The molecule has 0 saturated carbocycles. The first-order valence-corrected chi connectivity index (χ1v) is 11.6. The molecule has 2 aromatic rings. The van der Waals surface area contributed by atoms with Crippen LogP contribution in [0.3, 0.4) is 0 Å². The van der Waals surface area contributed by atoms with Crippen LogP contribution in [0.5, 0.6) is 11.5 Å². The summed E-state index contributed by atoms with van der Waals surface area (Å²) in [6.45, 7) is 4.97. The van der Waals surface area contributed by atoms with Crippen molar-refractivity contribution in [1.29, 1.82) is 0 Å². The number of amides is 1. The van der Waals surface area contributed by atoms with Gasteiger partial charge in [-0.1, -0.05) is 38.3 Å². The minimum atomic E-state index is -3.71. The van der Waals surface area contributed by atoms with E-state index in [1.165, 1.54) is 22.5 Å². The molecular formula is C21H25ClN2O4S. The molecule has 1 N–H and O–H groups in total. The average Bonchev–Trinajstić information content (AvgIpc) is 2.83. The van der Waals surface area contributed by atoms with Crippen LogP contribution in [0, 0.1) is 0 Å². The Bertz CT molecular complexity index is 1000. The quantitative estimate of drug-likeness (QED) is 0.610. The normalized spacial score (nSPS) is 13.3. The molecule has 156 valence electrons. The zero-order valence-corrected chi connectivity index (χ0v) is 18.1. The number of halogens is 1. The second-order valence-electron chi connectivity index (χ2n) is 6.97. The van der Waals surface area contributed by atoms with Crippen molar-refractivity contribution in [3.05, 3.63) is 47.0 Å². The number of anilines is 1. The van der Waals surface area contributed by atoms with Gasteiger partial charge in [0, 0.05) is 18.1 Å². The Labute approximate surface area is 176 Å². The number of ether oxygens (including phenoxy) is 1. The summed E-state index contributed by atoms with van der Waals surface area (Å²) >= 11 is 6.00. The third-order valence-corrected chi connectivity index (χ3v) is 6.90. The third-order valence-electron chi connectivity index (χ3n) is 4.77. The van der Waals surface area contributed by atoms with E-state index in [0.29, 0.717) is 35.3 Å². The molecule has 1 aliphatic heterocycles. The number of fused-ring (bicyclic) bond motifs is 2. The summed E-state index contributed by atoms with van der Waals surface area (Å²) in [6, 6.07) is 9.33. The van der Waals surface area contributed by atoms with E-state index in [9.17, 15) is 13.2 Å². The number of hydrogen-bond donors (Lipinski definition) is 1. The van der Waals surface area contributed by atoms with Gasteiger partial charge in [-0.25, -0.2) is 8.42 Å². The standard InChI is InChI=1S/C21H25ClN2O4S/c1-3-5-11-24(12-6-4-2)29(26,27)16-8-10-19-17(14-16)21(25)23-18-13-15(22)7-9-20(18)28-19/h7-10,13-14H,3-6,11-12H2,1-2H3,(H,23,25). The Balaban J connectivity index is 1.96. The smallest absolute Gasteiger partial charge is 0.259 e. The second kappa shape index (κ2) is 9.15. The lowest BCUT2D eigenvalue weighted by atomic mass is 10.2. The molecule has 0 atom stereocenters. The maximum atomic E-state index is 13.2. The van der Waals surface area contributed by atoms with Gasteiger partial charge in [-0.3, -0.25) is 4.79 Å². The molecule has 29 heavy (non-hydrogen) atoms. The van der Waals surface area contributed by atoms with Crippen LogP contribution in [0.4, 0.5) is 5.69 Å². The Morgan fingerprint density at radius 3 is 2.31 bits per heavy atom. The lowest BCUT2D eigenvalue weighted by Crippen LogP contribution is -2.33. The van der Waals surface area contributed by atoms with Crippen molar-refractivity contribution in [3.8, 4) is 11.5 Å². The highest BCUT2D eigenvalue weighted by molar-refractivity contribution is 7.89. The zero-order valence-electron chi connectivity index (χ0n) is 16.6. The highest BCUT2D eigenvalue weighted by Crippen LogP contribution is 2.38. The Morgan fingerprint density at radius 2 is 1.66 bits per heavy atom. The van der Waals surface area contributed by atoms with Gasteiger partial charge < -0.3 is 10.1 Å². The Morgan fingerprint density at radius 1 is 1.00 bits per heavy atom. The summed E-state index contributed by atoms with van der Waals surface area (Å²) in [4.78, 5) is 12.8. The van der Waals surface area contributed by atoms with Gasteiger partial charge in [0.25, 0.3) is 5.91 Å². The Hall–Kier alpha value is -2.09. The summed E-state index contributed by atoms with van der Waals surface area (Å²) in [6.07, 6.45) is 3.37. The molecule has 3 rings (SSSR count). The molecule has 0 radical (unpaired) electrons. The van der Waals surface area contributed by atoms with Crippen LogP contribution in [-0.4, -0.2) is 31.7 Å². The molecule has 0 saturated heterocycles. The van der Waals surface area contributed by atoms with E-state index in [-0.39, 0.29) is 10.5 Å². The number of benzene rings is 2. The van der Waals surface area contributed by atoms with Crippen LogP contribution >= 0.6 is 11.6 Å². The summed E-state index contributed by atoms with van der Waals surface area (Å²) in [5, 5.41) is 3.20. The maximum absolute atomic E-state index is 13.2. The van der Waals surface area contributed by atoms with Gasteiger partial charge in [0.15, 0.2) is 5.75 Å². The largest absolute Gasteiger partial charge is 0.454 e. The van der Waals surface area contributed by atoms with Gasteiger partial charge in [-0.15, -0.1) is 0 Å². The number of nitrogens with one attached hydrogen (secondary N) is 1. The predicted octanol–water partition coefficient (Wildman–Crippen LogP) is 5.29. The topological polar surface area (TPSA) is 75.7 Å². The first kappa shape index (κ1) is 21.6. The molecular weight excluding hydrogens is 412 g/mol. The fourth-order valence-corrected chi connectivity index (χ4v) is 4.82. The minimum Gasteiger partial charge on any atom is -0.454 e. The minimum absolute atomic E-state index is 0.0891. The van der Waals surface area contributed by atoms with Gasteiger partial charge >= 0.3 is 0 Å². The first-order chi connectivity index (χ1) is 13.9. The molecule has 1 aliphatic rings. The van der Waals surface area contributed by atoms with E-state index in [1.54, 1.807) is 18.2 Å². The number of hydrogen-bond acceptors (Lipinski definition) is 4. The van der Waals surface area contributed by atoms with Crippen LogP contribution in [0.15, 0.2) is 41.3 Å². The second-order valence-corrected chi connectivity index (χ2v) is 9.34. The molecule has 6 nitrogen and oxygen atoms in total. The van der Waals surface area contributed by atoms with Crippen molar-refractivity contribution >= 4 is 33.2 Å². The van der Waals surface area contributed by atoms with Gasteiger partial charge in [0.1, 0.15) is 5.75 Å². The van der Waals surface area contributed by atoms with E-state index in [4.69, 9.17) is 16.3 Å². The molecule has 0 aliphatic carbocycles. The summed E-state index contributed by atoms with van der Waals surface area (Å²) in [5.41, 5.74) is 0.611. The van der Waals surface area contributed by atoms with Gasteiger partial charge in [-0.2, -0.15) is 4.31 Å². The third kappa shape index (κ3) is 4.74. The molecule has 0 fully saturated rings. The Kier molecular flexibility index (Phi) is 6.82. The number of rotatable bonds is 8. The number of sulfonamides is 1. The lowest BCUT2D eigenvalue weighted by Gasteiger charge is -2.22. The van der Waals surface area contributed by atoms with E-state index in [0.717, 1.165) is 25.7 Å². The van der Waals surface area contributed by atoms with Crippen LogP contribution in [0.1, 0.15) is 49.9 Å². The van der Waals surface area contributed by atoms with Crippen molar-refractivity contribution in [2.24, 2.45) is 0 Å². The SMILES string of the molecule is CCCCN(CCCC)S(=O)(=O)c1ccc2c(c1)C(=O)Nc1cc(Cl)ccc1O2. The number of nitrogens with zero attached hydrogens (tertiary/aromatic N) is 1. The van der Waals surface area contributed by atoms with Crippen molar-refractivity contribution in [1.82, 2.24) is 4.31 Å². The van der Waals surface area contributed by atoms with Crippen molar-refractivity contribution in [2.75, 3.05) is 18.4 Å². The maximum Gasteiger partial charge on any atom is 0.259 e. The molecule has 0 spiro atoms. The lowest BCUT2D eigenvalue weighted by molar-refractivity contribution is 0.102. The summed E-state index contributed by atoms with van der Waals surface area (Å²) in [7, 11) is -3.71. The fraction of sp³-hybridized carbons (Fsp3) is 0.381. The number of unbranched alkanes of at least 4 members (excludes halogenated alkanes) is 2. The molecule has 0 aromatic heterocycles. The number of carbonyl (C=O) groups excluding carboxylic acids is 1. The van der Waals surface area contributed by atoms with E-state index < -0.39 is 15.9 Å². The number of carbonyl (C=O) groups is 1. The van der Waals surface area contributed by atoms with Crippen molar-refractivity contribution in [3.63, 3.8) is 0 Å². The molecule has 0 unspecified atom stereocenters. The first-order valence-electron chi connectivity index (χ1n) is 9.79. The molecule has 1 amide bonds. The van der Waals surface area contributed by atoms with E-state index in [1.807, 2.05) is 13.8 Å². The molecule has 2 aromatic carbocycles. The molecule has 1 heterocycles. The zero-order chi connectivity index (χ0) is 21.0.